The van der Waals surface area contributed by atoms with Crippen LogP contribution in [0.1, 0.15) is 31.4 Å². The van der Waals surface area contributed by atoms with Gasteiger partial charge in [-0.25, -0.2) is 0 Å². The molecule has 0 N–H and O–H groups in total. The fourth-order valence-corrected chi connectivity index (χ4v) is 2.12. The highest BCUT2D eigenvalue weighted by Crippen LogP contribution is 2.22. The third-order valence-corrected chi connectivity index (χ3v) is 3.05. The van der Waals surface area contributed by atoms with Crippen molar-refractivity contribution in [3.05, 3.63) is 53.6 Å². The summed E-state index contributed by atoms with van der Waals surface area (Å²) in [5, 5.41) is 0. The van der Waals surface area contributed by atoms with Crippen molar-refractivity contribution in [3.63, 3.8) is 0 Å². The van der Waals surface area contributed by atoms with Gasteiger partial charge in [-0.3, -0.25) is 4.99 Å². The van der Waals surface area contributed by atoms with Gasteiger partial charge in [-0.05, 0) is 49.6 Å². The Kier molecular flexibility index (Phi) is 4.96. The average molecular weight is 255 g/mol. The molecule has 100 valence electrons. The summed E-state index contributed by atoms with van der Waals surface area (Å²) in [6.07, 6.45) is 10.2. The van der Waals surface area contributed by atoms with E-state index in [4.69, 9.17) is 4.74 Å². The van der Waals surface area contributed by atoms with E-state index in [1.165, 1.54) is 11.1 Å². The summed E-state index contributed by atoms with van der Waals surface area (Å²) < 4.78 is 5.69. The second-order valence-corrected chi connectivity index (χ2v) is 4.57. The van der Waals surface area contributed by atoms with Crippen molar-refractivity contribution in [3.8, 4) is 5.75 Å². The Hall–Kier alpha value is -1.83. The molecule has 1 aliphatic rings. The number of allylic oxidation sites excluding steroid dienone is 4. The third-order valence-electron chi connectivity index (χ3n) is 3.05. The fraction of sp³-hybridized carbons (Fsp3) is 0.353. The summed E-state index contributed by atoms with van der Waals surface area (Å²) in [5.74, 6) is 0.972. The van der Waals surface area contributed by atoms with Gasteiger partial charge in [0.25, 0.3) is 0 Å². The summed E-state index contributed by atoms with van der Waals surface area (Å²) in [6, 6.07) is 6.32. The minimum atomic E-state index is 0.779. The highest BCUT2D eigenvalue weighted by molar-refractivity contribution is 6.10. The molecule has 0 saturated carbocycles. The Morgan fingerprint density at radius 1 is 1.32 bits per heavy atom. The number of nitrogens with zero attached hydrogens (tertiary/aromatic N) is 1. The molecule has 0 aliphatic carbocycles. The van der Waals surface area contributed by atoms with E-state index < -0.39 is 0 Å². The monoisotopic (exact) mass is 255 g/mol. The lowest BCUT2D eigenvalue weighted by molar-refractivity contribution is 0.317. The van der Waals surface area contributed by atoms with Gasteiger partial charge in [-0.1, -0.05) is 25.2 Å². The van der Waals surface area contributed by atoms with Crippen molar-refractivity contribution in [2.75, 3.05) is 13.2 Å². The van der Waals surface area contributed by atoms with Crippen LogP contribution in [0.2, 0.25) is 0 Å². The Labute approximate surface area is 115 Å². The lowest BCUT2D eigenvalue weighted by Crippen LogP contribution is -2.11. The number of aliphatic imine (C=N–C) groups is 1. The van der Waals surface area contributed by atoms with Crippen molar-refractivity contribution in [2.24, 2.45) is 4.99 Å². The van der Waals surface area contributed by atoms with Gasteiger partial charge in [0.1, 0.15) is 5.75 Å². The Bertz CT molecular complexity index is 512. The topological polar surface area (TPSA) is 21.6 Å². The zero-order valence-corrected chi connectivity index (χ0v) is 11.7. The largest absolute Gasteiger partial charge is 0.494 e. The molecule has 0 bridgehead atoms. The molecule has 0 saturated heterocycles. The molecule has 19 heavy (non-hydrogen) atoms. The number of fused-ring (bicyclic) bond motifs is 1. The first-order valence-electron chi connectivity index (χ1n) is 6.95. The van der Waals surface area contributed by atoms with Crippen LogP contribution in [0, 0.1) is 0 Å². The van der Waals surface area contributed by atoms with Gasteiger partial charge in [0.15, 0.2) is 0 Å². The zero-order valence-electron chi connectivity index (χ0n) is 11.7. The molecule has 2 heteroatoms. The molecule has 0 fully saturated rings. The molecule has 0 radical (unpaired) electrons. The van der Waals surface area contributed by atoms with Gasteiger partial charge < -0.3 is 4.74 Å². The van der Waals surface area contributed by atoms with E-state index in [1.807, 2.05) is 31.2 Å². The average Bonchev–Trinajstić information content (AvgIpc) is 2.45. The Morgan fingerprint density at radius 2 is 2.21 bits per heavy atom. The van der Waals surface area contributed by atoms with Crippen molar-refractivity contribution in [1.82, 2.24) is 0 Å². The van der Waals surface area contributed by atoms with E-state index in [9.17, 15) is 0 Å². The highest BCUT2D eigenvalue weighted by atomic mass is 16.5. The smallest absolute Gasteiger partial charge is 0.119 e. The summed E-state index contributed by atoms with van der Waals surface area (Å²) >= 11 is 0. The molecule has 1 aliphatic heterocycles. The first-order valence-corrected chi connectivity index (χ1v) is 6.95. The lowest BCUT2D eigenvalue weighted by Gasteiger charge is -2.16. The van der Waals surface area contributed by atoms with E-state index >= 15 is 0 Å². The molecule has 1 aromatic rings. The van der Waals surface area contributed by atoms with Gasteiger partial charge in [-0.2, -0.15) is 0 Å². The van der Waals surface area contributed by atoms with Crippen LogP contribution in [0.5, 0.6) is 5.75 Å². The van der Waals surface area contributed by atoms with Crippen molar-refractivity contribution < 1.29 is 4.74 Å². The van der Waals surface area contributed by atoms with Crippen LogP contribution in [0.3, 0.4) is 0 Å². The zero-order chi connectivity index (χ0) is 13.5. The van der Waals surface area contributed by atoms with Gasteiger partial charge in [0.2, 0.25) is 0 Å². The molecule has 1 heterocycles. The quantitative estimate of drug-likeness (QED) is 0.730. The predicted octanol–water partition coefficient (Wildman–Crippen LogP) is 3.95. The minimum absolute atomic E-state index is 0.779. The predicted molar refractivity (Wildman–Crippen MR) is 81.3 cm³/mol. The van der Waals surface area contributed by atoms with Gasteiger partial charge in [0.05, 0.1) is 12.3 Å². The Morgan fingerprint density at radius 3 is 3.00 bits per heavy atom. The third kappa shape index (κ3) is 3.57. The number of hydrogen-bond donors (Lipinski definition) is 0. The van der Waals surface area contributed by atoms with Crippen LogP contribution >= 0.6 is 0 Å². The molecule has 0 atom stereocenters. The van der Waals surface area contributed by atoms with Crippen LogP contribution in [-0.2, 0) is 6.42 Å². The van der Waals surface area contributed by atoms with E-state index in [1.54, 1.807) is 0 Å². The maximum absolute atomic E-state index is 5.69. The highest BCUT2D eigenvalue weighted by Gasteiger charge is 2.12. The van der Waals surface area contributed by atoms with Crippen LogP contribution in [-0.4, -0.2) is 18.9 Å². The minimum Gasteiger partial charge on any atom is -0.494 e. The van der Waals surface area contributed by atoms with Crippen LogP contribution in [0.4, 0.5) is 0 Å². The molecule has 0 aromatic heterocycles. The molecule has 1 aromatic carbocycles. The van der Waals surface area contributed by atoms with Gasteiger partial charge >= 0.3 is 0 Å². The van der Waals surface area contributed by atoms with E-state index in [0.717, 1.165) is 37.5 Å². The molecular formula is C17H21NO. The van der Waals surface area contributed by atoms with Crippen molar-refractivity contribution in [2.45, 2.75) is 26.7 Å². The maximum atomic E-state index is 5.69. The van der Waals surface area contributed by atoms with Crippen LogP contribution in [0.15, 0.2) is 47.5 Å². The number of benzene rings is 1. The van der Waals surface area contributed by atoms with Crippen LogP contribution in [0.25, 0.3) is 0 Å². The SMILES string of the molecule is C/C=C/C=C/C1=NCCc2cc(OCCC)ccc21. The van der Waals surface area contributed by atoms with Gasteiger partial charge in [0, 0.05) is 12.1 Å². The lowest BCUT2D eigenvalue weighted by atomic mass is 9.97. The molecule has 0 spiro atoms. The van der Waals surface area contributed by atoms with Gasteiger partial charge in [-0.15, -0.1) is 0 Å². The second kappa shape index (κ2) is 6.93. The Balaban J connectivity index is 2.20. The molecular weight excluding hydrogens is 234 g/mol. The molecule has 2 nitrogen and oxygen atoms in total. The van der Waals surface area contributed by atoms with Crippen molar-refractivity contribution >= 4 is 5.71 Å². The van der Waals surface area contributed by atoms with Crippen LogP contribution < -0.4 is 4.74 Å². The molecule has 0 unspecified atom stereocenters. The number of rotatable bonds is 5. The normalized spacial score (nSPS) is 14.7. The first kappa shape index (κ1) is 13.6. The summed E-state index contributed by atoms with van der Waals surface area (Å²) in [5.41, 5.74) is 3.64. The van der Waals surface area contributed by atoms with E-state index in [-0.39, 0.29) is 0 Å². The summed E-state index contributed by atoms with van der Waals surface area (Å²) in [6.45, 7) is 5.77. The van der Waals surface area contributed by atoms with E-state index in [0.29, 0.717) is 0 Å². The second-order valence-electron chi connectivity index (χ2n) is 4.57. The summed E-state index contributed by atoms with van der Waals surface area (Å²) in [4.78, 5) is 4.59. The fourth-order valence-electron chi connectivity index (χ4n) is 2.12. The first-order chi connectivity index (χ1) is 9.35. The van der Waals surface area contributed by atoms with Crippen molar-refractivity contribution in [1.29, 1.82) is 0 Å². The molecule has 0 amide bonds. The van der Waals surface area contributed by atoms with E-state index in [2.05, 4.69) is 30.1 Å². The summed E-state index contributed by atoms with van der Waals surface area (Å²) in [7, 11) is 0. The standard InChI is InChI=1S/C17H21NO/c1-3-5-6-7-17-16-9-8-15(19-12-4-2)13-14(16)10-11-18-17/h3,5-9,13H,4,10-12H2,1-2H3/b5-3+,7-6+. The molecule has 2 rings (SSSR count). The number of ether oxygens (including phenoxy) is 1. The maximum Gasteiger partial charge on any atom is 0.119 e. The number of hydrogen-bond acceptors (Lipinski definition) is 2.